The number of rotatable bonds is 4. The highest BCUT2D eigenvalue weighted by atomic mass is 16.3. The van der Waals surface area contributed by atoms with Crippen LogP contribution in [-0.4, -0.2) is 64.6 Å². The number of primary amides is 1. The number of nitrogens with zero attached hydrogens (tertiary/aromatic N) is 1. The summed E-state index contributed by atoms with van der Waals surface area (Å²) in [6, 6.07) is 6.73. The summed E-state index contributed by atoms with van der Waals surface area (Å²) in [6.45, 7) is 0.302. The SMILES string of the molecule is CN1C(=O)[C@H](CCCN)NC(=O)[C@@H](N)Cc2cc(ccc2O)-c2ccc(O)c(c2)C[C@H]1C(N)=O. The Balaban J connectivity index is 2.13. The van der Waals surface area contributed by atoms with E-state index in [9.17, 15) is 24.6 Å². The number of benzene rings is 2. The number of nitrogens with one attached hydrogen (secondary N) is 1. The van der Waals surface area contributed by atoms with Gasteiger partial charge in [0.05, 0.1) is 6.04 Å². The van der Waals surface area contributed by atoms with Crippen molar-refractivity contribution in [2.45, 2.75) is 43.8 Å². The summed E-state index contributed by atoms with van der Waals surface area (Å²) in [5.41, 5.74) is 19.7. The molecule has 0 fully saturated rings. The van der Waals surface area contributed by atoms with E-state index in [-0.39, 0.29) is 30.8 Å². The molecular formula is C24H31N5O5. The Morgan fingerprint density at radius 1 is 1.06 bits per heavy atom. The molecule has 10 heteroatoms. The number of likely N-dealkylation sites (N-methyl/N-ethyl adjacent to an activating group) is 1. The van der Waals surface area contributed by atoms with Crippen molar-refractivity contribution in [2.24, 2.45) is 17.2 Å². The molecule has 3 amide bonds. The zero-order valence-corrected chi connectivity index (χ0v) is 19.0. The number of phenols is 2. The fraction of sp³-hybridized carbons (Fsp3) is 0.375. The van der Waals surface area contributed by atoms with Crippen molar-refractivity contribution >= 4 is 17.7 Å². The Labute approximate surface area is 197 Å². The number of aromatic hydroxyl groups is 2. The van der Waals surface area contributed by atoms with E-state index in [1.807, 2.05) is 0 Å². The van der Waals surface area contributed by atoms with Gasteiger partial charge in [0.1, 0.15) is 23.6 Å². The minimum absolute atomic E-state index is 0.0143. The molecule has 0 aromatic heterocycles. The highest BCUT2D eigenvalue weighted by molar-refractivity contribution is 5.93. The molecule has 1 aliphatic heterocycles. The normalized spacial score (nSPS) is 21.4. The summed E-state index contributed by atoms with van der Waals surface area (Å²) in [5.74, 6) is -1.91. The fourth-order valence-corrected chi connectivity index (χ4v) is 4.08. The van der Waals surface area contributed by atoms with Gasteiger partial charge in [0.2, 0.25) is 17.7 Å². The minimum atomic E-state index is -1.07. The third kappa shape index (κ3) is 5.46. The average Bonchev–Trinajstić information content (AvgIpc) is 2.80. The third-order valence-electron chi connectivity index (χ3n) is 6.14. The number of nitrogens with two attached hydrogens (primary N) is 3. The monoisotopic (exact) mass is 469 g/mol. The number of hydrogen-bond acceptors (Lipinski definition) is 7. The van der Waals surface area contributed by atoms with Gasteiger partial charge in [0.25, 0.3) is 0 Å². The van der Waals surface area contributed by atoms with Gasteiger partial charge in [-0.3, -0.25) is 14.4 Å². The molecule has 4 bridgehead atoms. The van der Waals surface area contributed by atoms with E-state index in [1.165, 1.54) is 24.1 Å². The molecule has 1 heterocycles. The average molecular weight is 470 g/mol. The van der Waals surface area contributed by atoms with Crippen molar-refractivity contribution in [3.63, 3.8) is 0 Å². The topological polar surface area (TPSA) is 185 Å². The molecule has 34 heavy (non-hydrogen) atoms. The number of fused-ring (bicyclic) bond motifs is 5. The van der Waals surface area contributed by atoms with Gasteiger partial charge in [0.15, 0.2) is 0 Å². The van der Waals surface area contributed by atoms with Crippen molar-refractivity contribution in [3.05, 3.63) is 47.5 Å². The quantitative estimate of drug-likeness (QED) is 0.356. The smallest absolute Gasteiger partial charge is 0.245 e. The minimum Gasteiger partial charge on any atom is -0.508 e. The summed E-state index contributed by atoms with van der Waals surface area (Å²) >= 11 is 0. The second-order valence-corrected chi connectivity index (χ2v) is 8.56. The first-order valence-corrected chi connectivity index (χ1v) is 11.1. The van der Waals surface area contributed by atoms with Crippen LogP contribution < -0.4 is 22.5 Å². The maximum Gasteiger partial charge on any atom is 0.245 e. The number of carbonyl (C=O) groups excluding carboxylic acids is 3. The van der Waals surface area contributed by atoms with Crippen LogP contribution in [0.4, 0.5) is 0 Å². The molecule has 0 spiro atoms. The van der Waals surface area contributed by atoms with E-state index in [0.717, 1.165) is 5.56 Å². The molecule has 10 nitrogen and oxygen atoms in total. The van der Waals surface area contributed by atoms with Crippen LogP contribution >= 0.6 is 0 Å². The highest BCUT2D eigenvalue weighted by Gasteiger charge is 2.32. The summed E-state index contributed by atoms with van der Waals surface area (Å²) in [6.07, 6.45) is 0.699. The molecule has 1 aliphatic rings. The lowest BCUT2D eigenvalue weighted by Crippen LogP contribution is -2.56. The lowest BCUT2D eigenvalue weighted by atomic mass is 9.95. The Bertz CT molecular complexity index is 1090. The van der Waals surface area contributed by atoms with E-state index >= 15 is 0 Å². The first-order valence-electron chi connectivity index (χ1n) is 11.1. The largest absolute Gasteiger partial charge is 0.508 e. The Morgan fingerprint density at radius 3 is 2.15 bits per heavy atom. The molecule has 182 valence electrons. The number of phenolic OH excluding ortho intramolecular Hbond substituents is 2. The van der Waals surface area contributed by atoms with Gasteiger partial charge in [0, 0.05) is 19.9 Å². The molecule has 0 unspecified atom stereocenters. The lowest BCUT2D eigenvalue weighted by Gasteiger charge is -2.30. The summed E-state index contributed by atoms with van der Waals surface area (Å²) in [4.78, 5) is 39.6. The first-order chi connectivity index (χ1) is 16.1. The van der Waals surface area contributed by atoms with Crippen molar-refractivity contribution in [1.29, 1.82) is 0 Å². The van der Waals surface area contributed by atoms with Crippen molar-refractivity contribution in [1.82, 2.24) is 10.2 Å². The van der Waals surface area contributed by atoms with Crippen LogP contribution in [0.25, 0.3) is 11.1 Å². The van der Waals surface area contributed by atoms with Crippen LogP contribution in [0.15, 0.2) is 36.4 Å². The predicted molar refractivity (Wildman–Crippen MR) is 127 cm³/mol. The van der Waals surface area contributed by atoms with Crippen LogP contribution in [0.1, 0.15) is 24.0 Å². The van der Waals surface area contributed by atoms with Gasteiger partial charge < -0.3 is 37.6 Å². The first kappa shape index (κ1) is 25.0. The van der Waals surface area contributed by atoms with Gasteiger partial charge in [-0.25, -0.2) is 0 Å². The molecule has 2 aromatic carbocycles. The fourth-order valence-electron chi connectivity index (χ4n) is 4.08. The summed E-state index contributed by atoms with van der Waals surface area (Å²) in [7, 11) is 1.43. The number of hydrogen-bond donors (Lipinski definition) is 6. The van der Waals surface area contributed by atoms with Gasteiger partial charge in [-0.1, -0.05) is 12.1 Å². The van der Waals surface area contributed by atoms with Crippen molar-refractivity contribution in [3.8, 4) is 22.6 Å². The maximum absolute atomic E-state index is 13.3. The van der Waals surface area contributed by atoms with E-state index in [4.69, 9.17) is 17.2 Å². The van der Waals surface area contributed by atoms with E-state index in [0.29, 0.717) is 29.7 Å². The highest BCUT2D eigenvalue weighted by Crippen LogP contribution is 2.31. The van der Waals surface area contributed by atoms with Gasteiger partial charge >= 0.3 is 0 Å². The molecular weight excluding hydrogens is 438 g/mol. The van der Waals surface area contributed by atoms with E-state index in [1.54, 1.807) is 24.3 Å². The molecule has 0 aliphatic carbocycles. The van der Waals surface area contributed by atoms with Crippen LogP contribution in [0.2, 0.25) is 0 Å². The van der Waals surface area contributed by atoms with Gasteiger partial charge in [-0.15, -0.1) is 0 Å². The molecule has 0 saturated carbocycles. The van der Waals surface area contributed by atoms with Crippen molar-refractivity contribution < 1.29 is 24.6 Å². The molecule has 3 rings (SSSR count). The number of carbonyl (C=O) groups is 3. The molecule has 2 aromatic rings. The maximum atomic E-state index is 13.3. The molecule has 3 atom stereocenters. The predicted octanol–water partition coefficient (Wildman–Crippen LogP) is -0.273. The zero-order chi connectivity index (χ0) is 25.0. The van der Waals surface area contributed by atoms with Gasteiger partial charge in [-0.2, -0.15) is 0 Å². The van der Waals surface area contributed by atoms with Crippen LogP contribution in [0, 0.1) is 0 Å². The van der Waals surface area contributed by atoms with Gasteiger partial charge in [-0.05, 0) is 65.9 Å². The molecule has 0 radical (unpaired) electrons. The number of amides is 3. The second kappa shape index (κ2) is 10.5. The summed E-state index contributed by atoms with van der Waals surface area (Å²) in [5, 5.41) is 23.4. The Hall–Kier alpha value is -3.63. The zero-order valence-electron chi connectivity index (χ0n) is 19.0. The molecule has 9 N–H and O–H groups in total. The Kier molecular flexibility index (Phi) is 7.75. The van der Waals surface area contributed by atoms with Crippen LogP contribution in [0.3, 0.4) is 0 Å². The lowest BCUT2D eigenvalue weighted by molar-refractivity contribution is -0.141. The third-order valence-corrected chi connectivity index (χ3v) is 6.14. The molecule has 0 saturated heterocycles. The van der Waals surface area contributed by atoms with E-state index < -0.39 is 35.8 Å². The standard InChI is InChI=1S/C24H31N5O5/c1-29-19(22(27)32)12-16-10-14(5-7-21(16)31)13-4-6-20(30)15(9-13)11-17(26)23(33)28-18(24(29)34)3-2-8-25/h4-7,9-10,17-19,30-31H,2-3,8,11-12,25-26H2,1H3,(H2,27,32)(H,28,33)/t17-,18-,19-/m0/s1. The van der Waals surface area contributed by atoms with E-state index in [2.05, 4.69) is 5.32 Å². The summed E-state index contributed by atoms with van der Waals surface area (Å²) < 4.78 is 0. The van der Waals surface area contributed by atoms with Crippen LogP contribution in [0.5, 0.6) is 11.5 Å². The van der Waals surface area contributed by atoms with Crippen LogP contribution in [-0.2, 0) is 27.2 Å². The second-order valence-electron chi connectivity index (χ2n) is 8.56. The Morgan fingerprint density at radius 2 is 1.62 bits per heavy atom. The van der Waals surface area contributed by atoms with Crippen molar-refractivity contribution in [2.75, 3.05) is 13.6 Å².